The Morgan fingerprint density at radius 2 is 2.06 bits per heavy atom. The van der Waals surface area contributed by atoms with Crippen LogP contribution in [0.1, 0.15) is 39.0 Å². The summed E-state index contributed by atoms with van der Waals surface area (Å²) in [7, 11) is 1.78. The molecule has 0 radical (unpaired) electrons. The molecule has 1 heterocycles. The molecule has 0 spiro atoms. The van der Waals surface area contributed by atoms with Crippen molar-refractivity contribution in [2.75, 3.05) is 26.7 Å². The standard InChI is InChI=1S/C12H23F3N2/c1-3-5-11(6-4-8-16-11)10-17(2)9-7-12(13,14)15/h16H,3-10H2,1-2H3. The molecular formula is C12H23F3N2. The molecule has 17 heavy (non-hydrogen) atoms. The Bertz CT molecular complexity index is 222. The van der Waals surface area contributed by atoms with Crippen LogP contribution in [0.4, 0.5) is 13.2 Å². The van der Waals surface area contributed by atoms with Crippen molar-refractivity contribution < 1.29 is 13.2 Å². The Hall–Kier alpha value is -0.290. The first-order chi connectivity index (χ1) is 7.87. The van der Waals surface area contributed by atoms with Gasteiger partial charge in [-0.3, -0.25) is 0 Å². The van der Waals surface area contributed by atoms with Crippen LogP contribution in [-0.2, 0) is 0 Å². The van der Waals surface area contributed by atoms with E-state index in [1.54, 1.807) is 7.05 Å². The van der Waals surface area contributed by atoms with E-state index in [1.165, 1.54) is 0 Å². The summed E-state index contributed by atoms with van der Waals surface area (Å²) in [6.07, 6.45) is -0.436. The van der Waals surface area contributed by atoms with Crippen molar-refractivity contribution in [3.05, 3.63) is 0 Å². The van der Waals surface area contributed by atoms with E-state index >= 15 is 0 Å². The predicted molar refractivity (Wildman–Crippen MR) is 63.0 cm³/mol. The fourth-order valence-corrected chi connectivity index (χ4v) is 2.69. The molecule has 0 bridgehead atoms. The number of nitrogens with zero attached hydrogens (tertiary/aromatic N) is 1. The minimum Gasteiger partial charge on any atom is -0.310 e. The lowest BCUT2D eigenvalue weighted by Crippen LogP contribution is -2.49. The molecule has 2 nitrogen and oxygen atoms in total. The van der Waals surface area contributed by atoms with Gasteiger partial charge in [0.15, 0.2) is 0 Å². The number of alkyl halides is 3. The van der Waals surface area contributed by atoms with E-state index in [0.717, 1.165) is 38.8 Å². The molecule has 0 saturated carbocycles. The third-order valence-corrected chi connectivity index (χ3v) is 3.41. The van der Waals surface area contributed by atoms with Crippen LogP contribution in [0.5, 0.6) is 0 Å². The lowest BCUT2D eigenvalue weighted by molar-refractivity contribution is -0.137. The third kappa shape index (κ3) is 5.25. The van der Waals surface area contributed by atoms with E-state index in [0.29, 0.717) is 0 Å². The number of likely N-dealkylation sites (N-methyl/N-ethyl adjacent to an activating group) is 1. The summed E-state index contributed by atoms with van der Waals surface area (Å²) in [5, 5.41) is 3.48. The molecule has 1 unspecified atom stereocenters. The maximum atomic E-state index is 12.1. The fraction of sp³-hybridized carbons (Fsp3) is 1.00. The van der Waals surface area contributed by atoms with E-state index in [9.17, 15) is 13.2 Å². The van der Waals surface area contributed by atoms with Crippen molar-refractivity contribution in [3.63, 3.8) is 0 Å². The van der Waals surface area contributed by atoms with Gasteiger partial charge in [0.25, 0.3) is 0 Å². The summed E-state index contributed by atoms with van der Waals surface area (Å²) >= 11 is 0. The van der Waals surface area contributed by atoms with Gasteiger partial charge in [-0.05, 0) is 32.9 Å². The topological polar surface area (TPSA) is 15.3 Å². The molecule has 0 aliphatic carbocycles. The molecule has 1 fully saturated rings. The van der Waals surface area contributed by atoms with Crippen LogP contribution in [0, 0.1) is 0 Å². The Balaban J connectivity index is 2.39. The van der Waals surface area contributed by atoms with Crippen molar-refractivity contribution in [1.29, 1.82) is 0 Å². The molecule has 1 N–H and O–H groups in total. The van der Waals surface area contributed by atoms with E-state index < -0.39 is 12.6 Å². The fourth-order valence-electron chi connectivity index (χ4n) is 2.69. The largest absolute Gasteiger partial charge is 0.390 e. The lowest BCUT2D eigenvalue weighted by atomic mass is 9.91. The second kappa shape index (κ2) is 6.05. The van der Waals surface area contributed by atoms with Gasteiger partial charge in [0.05, 0.1) is 6.42 Å². The highest BCUT2D eigenvalue weighted by atomic mass is 19.4. The Morgan fingerprint density at radius 3 is 2.53 bits per heavy atom. The van der Waals surface area contributed by atoms with Gasteiger partial charge in [-0.2, -0.15) is 13.2 Å². The molecule has 0 aromatic carbocycles. The molecular weight excluding hydrogens is 229 g/mol. The quantitative estimate of drug-likeness (QED) is 0.782. The number of hydrogen-bond acceptors (Lipinski definition) is 2. The molecule has 0 aromatic heterocycles. The SMILES string of the molecule is CCCC1(CN(C)CCC(F)(F)F)CCCN1. The number of halogens is 3. The molecule has 1 rings (SSSR count). The van der Waals surface area contributed by atoms with Crippen LogP contribution < -0.4 is 5.32 Å². The third-order valence-electron chi connectivity index (χ3n) is 3.41. The van der Waals surface area contributed by atoms with Crippen LogP contribution >= 0.6 is 0 Å². The van der Waals surface area contributed by atoms with E-state index in [-0.39, 0.29) is 12.1 Å². The summed E-state index contributed by atoms with van der Waals surface area (Å²) in [5.74, 6) is 0. The maximum absolute atomic E-state index is 12.1. The van der Waals surface area contributed by atoms with Crippen molar-refractivity contribution >= 4 is 0 Å². The summed E-state index contributed by atoms with van der Waals surface area (Å²) in [6.45, 7) is 3.93. The van der Waals surface area contributed by atoms with E-state index in [2.05, 4.69) is 12.2 Å². The van der Waals surface area contributed by atoms with Crippen molar-refractivity contribution in [1.82, 2.24) is 10.2 Å². The van der Waals surface area contributed by atoms with E-state index in [4.69, 9.17) is 0 Å². The van der Waals surface area contributed by atoms with E-state index in [1.807, 2.05) is 4.90 Å². The second-order valence-corrected chi connectivity index (χ2v) is 5.16. The first-order valence-corrected chi connectivity index (χ1v) is 6.37. The molecule has 5 heteroatoms. The maximum Gasteiger partial charge on any atom is 0.390 e. The normalized spacial score (nSPS) is 25.8. The Kier molecular flexibility index (Phi) is 5.25. The van der Waals surface area contributed by atoms with Crippen LogP contribution in [0.3, 0.4) is 0 Å². The van der Waals surface area contributed by atoms with Gasteiger partial charge in [0.1, 0.15) is 0 Å². The average Bonchev–Trinajstić information content (AvgIpc) is 2.63. The van der Waals surface area contributed by atoms with Crippen LogP contribution in [-0.4, -0.2) is 43.3 Å². The predicted octanol–water partition coefficient (Wildman–Crippen LogP) is 2.79. The van der Waals surface area contributed by atoms with Crippen molar-refractivity contribution in [3.8, 4) is 0 Å². The molecule has 1 saturated heterocycles. The van der Waals surface area contributed by atoms with Crippen molar-refractivity contribution in [2.45, 2.75) is 50.7 Å². The van der Waals surface area contributed by atoms with Gasteiger partial charge >= 0.3 is 6.18 Å². The van der Waals surface area contributed by atoms with Gasteiger partial charge in [-0.1, -0.05) is 13.3 Å². The zero-order chi connectivity index (χ0) is 12.9. The number of nitrogens with one attached hydrogen (secondary N) is 1. The van der Waals surface area contributed by atoms with Gasteiger partial charge in [-0.15, -0.1) is 0 Å². The lowest BCUT2D eigenvalue weighted by Gasteiger charge is -2.34. The first-order valence-electron chi connectivity index (χ1n) is 6.37. The van der Waals surface area contributed by atoms with Gasteiger partial charge in [-0.25, -0.2) is 0 Å². The smallest absolute Gasteiger partial charge is 0.310 e. The zero-order valence-corrected chi connectivity index (χ0v) is 10.7. The highest BCUT2D eigenvalue weighted by molar-refractivity contribution is 4.94. The molecule has 1 aliphatic rings. The molecule has 0 aromatic rings. The number of hydrogen-bond donors (Lipinski definition) is 1. The Morgan fingerprint density at radius 1 is 1.35 bits per heavy atom. The van der Waals surface area contributed by atoms with Crippen LogP contribution in [0.25, 0.3) is 0 Å². The molecule has 1 atom stereocenters. The summed E-state index contributed by atoms with van der Waals surface area (Å²) in [5.41, 5.74) is 0.0507. The average molecular weight is 252 g/mol. The van der Waals surface area contributed by atoms with Gasteiger partial charge in [0.2, 0.25) is 0 Å². The molecule has 0 amide bonds. The highest BCUT2D eigenvalue weighted by Gasteiger charge is 2.34. The van der Waals surface area contributed by atoms with Crippen molar-refractivity contribution in [2.24, 2.45) is 0 Å². The van der Waals surface area contributed by atoms with Crippen LogP contribution in [0.2, 0.25) is 0 Å². The minimum atomic E-state index is -4.05. The minimum absolute atomic E-state index is 0.0507. The highest BCUT2D eigenvalue weighted by Crippen LogP contribution is 2.26. The van der Waals surface area contributed by atoms with Crippen LogP contribution in [0.15, 0.2) is 0 Å². The summed E-state index contributed by atoms with van der Waals surface area (Å²) in [6, 6.07) is 0. The number of rotatable bonds is 6. The first kappa shape index (κ1) is 14.8. The molecule has 1 aliphatic heterocycles. The Labute approximate surface area is 102 Å². The second-order valence-electron chi connectivity index (χ2n) is 5.16. The van der Waals surface area contributed by atoms with Gasteiger partial charge < -0.3 is 10.2 Å². The summed E-state index contributed by atoms with van der Waals surface area (Å²) < 4.78 is 36.4. The summed E-state index contributed by atoms with van der Waals surface area (Å²) in [4.78, 5) is 1.81. The zero-order valence-electron chi connectivity index (χ0n) is 10.7. The van der Waals surface area contributed by atoms with Gasteiger partial charge in [0, 0.05) is 18.6 Å². The molecule has 102 valence electrons. The monoisotopic (exact) mass is 252 g/mol.